The van der Waals surface area contributed by atoms with Gasteiger partial charge in [0.05, 0.1) is 6.61 Å². The zero-order valence-electron chi connectivity index (χ0n) is 8.14. The van der Waals surface area contributed by atoms with Crippen LogP contribution < -0.4 is 0 Å². The van der Waals surface area contributed by atoms with Crippen molar-refractivity contribution in [1.29, 1.82) is 0 Å². The maximum absolute atomic E-state index is 10.1. The molecule has 0 aliphatic heterocycles. The lowest BCUT2D eigenvalue weighted by atomic mass is 10.4. The summed E-state index contributed by atoms with van der Waals surface area (Å²) < 4.78 is 4.64. The number of esters is 1. The second-order valence-corrected chi connectivity index (χ2v) is 2.40. The van der Waals surface area contributed by atoms with Gasteiger partial charge in [0.25, 0.3) is 0 Å². The molecule has 0 unspecified atom stereocenters. The van der Waals surface area contributed by atoms with Crippen LogP contribution in [0.15, 0.2) is 0 Å². The standard InChI is InChI=1S/C6H12O2.C3H8/c1-3-4-5-8-6(2)7;1-3-2/h3-5H2,1-2H3;3H2,1-2H3. The van der Waals surface area contributed by atoms with E-state index in [1.54, 1.807) is 0 Å². The van der Waals surface area contributed by atoms with Crippen molar-refractivity contribution in [3.63, 3.8) is 0 Å². The molecule has 0 rings (SSSR count). The van der Waals surface area contributed by atoms with Crippen molar-refractivity contribution in [1.82, 2.24) is 0 Å². The fourth-order valence-corrected chi connectivity index (χ4v) is 0.360. The molecule has 0 heterocycles. The van der Waals surface area contributed by atoms with E-state index < -0.39 is 0 Å². The Morgan fingerprint density at radius 2 is 1.73 bits per heavy atom. The summed E-state index contributed by atoms with van der Waals surface area (Å²) in [6.45, 7) is 8.31. The third-order valence-corrected chi connectivity index (χ3v) is 0.803. The van der Waals surface area contributed by atoms with E-state index in [4.69, 9.17) is 0 Å². The third-order valence-electron chi connectivity index (χ3n) is 0.803. The predicted octanol–water partition coefficient (Wildman–Crippen LogP) is 2.77. The second kappa shape index (κ2) is 12.2. The van der Waals surface area contributed by atoms with Crippen LogP contribution in [0, 0.1) is 0 Å². The van der Waals surface area contributed by atoms with Crippen LogP contribution in [0.3, 0.4) is 0 Å². The lowest BCUT2D eigenvalue weighted by molar-refractivity contribution is -0.141. The molecule has 0 saturated carbocycles. The molecule has 2 nitrogen and oxygen atoms in total. The highest BCUT2D eigenvalue weighted by Gasteiger charge is 1.88. The first-order valence-corrected chi connectivity index (χ1v) is 4.32. The van der Waals surface area contributed by atoms with Crippen molar-refractivity contribution in [2.75, 3.05) is 6.61 Å². The molecule has 0 atom stereocenters. The third kappa shape index (κ3) is 26.4. The molecule has 0 aliphatic carbocycles. The Bertz CT molecular complexity index is 79.6. The zero-order valence-corrected chi connectivity index (χ0v) is 8.14. The highest BCUT2D eigenvalue weighted by atomic mass is 16.5. The summed E-state index contributed by atoms with van der Waals surface area (Å²) in [5, 5.41) is 0. The molecular formula is C9H20O2. The van der Waals surface area contributed by atoms with E-state index in [0.717, 1.165) is 12.8 Å². The predicted molar refractivity (Wildman–Crippen MR) is 47.5 cm³/mol. The van der Waals surface area contributed by atoms with E-state index in [1.165, 1.54) is 13.3 Å². The van der Waals surface area contributed by atoms with Gasteiger partial charge in [-0.25, -0.2) is 0 Å². The van der Waals surface area contributed by atoms with Crippen molar-refractivity contribution in [2.45, 2.75) is 47.0 Å². The van der Waals surface area contributed by atoms with Crippen LogP contribution in [0.4, 0.5) is 0 Å². The van der Waals surface area contributed by atoms with E-state index in [2.05, 4.69) is 25.5 Å². The molecule has 0 aromatic rings. The number of hydrogen-bond donors (Lipinski definition) is 0. The van der Waals surface area contributed by atoms with E-state index in [-0.39, 0.29) is 5.97 Å². The Balaban J connectivity index is 0. The fraction of sp³-hybridized carbons (Fsp3) is 0.889. The SMILES string of the molecule is CCC.CCCCOC(C)=O. The van der Waals surface area contributed by atoms with Gasteiger partial charge in [-0.3, -0.25) is 4.79 Å². The van der Waals surface area contributed by atoms with Crippen LogP contribution in [0.1, 0.15) is 47.0 Å². The average molecular weight is 160 g/mol. The molecule has 0 aromatic heterocycles. The van der Waals surface area contributed by atoms with Gasteiger partial charge in [0, 0.05) is 6.92 Å². The van der Waals surface area contributed by atoms with Crippen molar-refractivity contribution in [3.8, 4) is 0 Å². The number of carbonyl (C=O) groups is 1. The molecule has 0 spiro atoms. The van der Waals surface area contributed by atoms with Crippen LogP contribution in [0.2, 0.25) is 0 Å². The van der Waals surface area contributed by atoms with Crippen LogP contribution in [-0.4, -0.2) is 12.6 Å². The molecule has 0 fully saturated rings. The summed E-state index contributed by atoms with van der Waals surface area (Å²) in [7, 11) is 0. The van der Waals surface area contributed by atoms with E-state index >= 15 is 0 Å². The van der Waals surface area contributed by atoms with E-state index in [0.29, 0.717) is 6.61 Å². The number of ether oxygens (including phenoxy) is 1. The van der Waals surface area contributed by atoms with Crippen LogP contribution in [0.25, 0.3) is 0 Å². The molecule has 0 aliphatic rings. The highest BCUT2D eigenvalue weighted by molar-refractivity contribution is 5.65. The molecule has 0 amide bonds. The summed E-state index contributed by atoms with van der Waals surface area (Å²) in [4.78, 5) is 10.1. The quantitative estimate of drug-likeness (QED) is 0.468. The first-order valence-electron chi connectivity index (χ1n) is 4.32. The smallest absolute Gasteiger partial charge is 0.302 e. The van der Waals surface area contributed by atoms with Gasteiger partial charge in [0.2, 0.25) is 0 Å². The number of hydrogen-bond acceptors (Lipinski definition) is 2. The van der Waals surface area contributed by atoms with Gasteiger partial charge < -0.3 is 4.74 Å². The normalized spacial score (nSPS) is 8.00. The first kappa shape index (κ1) is 13.1. The highest BCUT2D eigenvalue weighted by Crippen LogP contribution is 1.86. The minimum Gasteiger partial charge on any atom is -0.466 e. The summed E-state index contributed by atoms with van der Waals surface area (Å²) >= 11 is 0. The van der Waals surface area contributed by atoms with Gasteiger partial charge >= 0.3 is 5.97 Å². The fourth-order valence-electron chi connectivity index (χ4n) is 0.360. The second-order valence-electron chi connectivity index (χ2n) is 2.40. The van der Waals surface area contributed by atoms with E-state index in [9.17, 15) is 4.79 Å². The van der Waals surface area contributed by atoms with Crippen molar-refractivity contribution < 1.29 is 9.53 Å². The maximum Gasteiger partial charge on any atom is 0.302 e. The first-order chi connectivity index (χ1) is 5.18. The molecule has 0 saturated heterocycles. The van der Waals surface area contributed by atoms with E-state index in [1.807, 2.05) is 0 Å². The van der Waals surface area contributed by atoms with Gasteiger partial charge in [-0.1, -0.05) is 33.6 Å². The lowest BCUT2D eigenvalue weighted by Gasteiger charge is -1.96. The Hall–Kier alpha value is -0.530. The Kier molecular flexibility index (Phi) is 14.5. The topological polar surface area (TPSA) is 26.3 Å². The average Bonchev–Trinajstić information content (AvgIpc) is 1.89. The monoisotopic (exact) mass is 160 g/mol. The van der Waals surface area contributed by atoms with Gasteiger partial charge in [-0.2, -0.15) is 0 Å². The number of rotatable bonds is 3. The van der Waals surface area contributed by atoms with Gasteiger partial charge in [-0.05, 0) is 6.42 Å². The summed E-state index contributed by atoms with van der Waals surface area (Å²) in [5.41, 5.74) is 0. The van der Waals surface area contributed by atoms with Crippen molar-refractivity contribution in [2.24, 2.45) is 0 Å². The van der Waals surface area contributed by atoms with Crippen molar-refractivity contribution >= 4 is 5.97 Å². The minimum absolute atomic E-state index is 0.182. The number of carbonyl (C=O) groups excluding carboxylic acids is 1. The van der Waals surface area contributed by atoms with Crippen LogP contribution in [-0.2, 0) is 9.53 Å². The summed E-state index contributed by atoms with van der Waals surface area (Å²) in [6, 6.07) is 0. The molecule has 0 aromatic carbocycles. The Morgan fingerprint density at radius 1 is 1.27 bits per heavy atom. The zero-order chi connectivity index (χ0) is 9.11. The van der Waals surface area contributed by atoms with Gasteiger partial charge in [0.15, 0.2) is 0 Å². The lowest BCUT2D eigenvalue weighted by Crippen LogP contribution is -1.99. The molecule has 2 heteroatoms. The molecule has 68 valence electrons. The summed E-state index contributed by atoms with van der Waals surface area (Å²) in [5.74, 6) is -0.182. The summed E-state index contributed by atoms with van der Waals surface area (Å²) in [6.07, 6.45) is 3.30. The molecule has 0 N–H and O–H groups in total. The Labute approximate surface area is 69.9 Å². The number of unbranched alkanes of at least 4 members (excludes halogenated alkanes) is 1. The van der Waals surface area contributed by atoms with Gasteiger partial charge in [0.1, 0.15) is 0 Å². The van der Waals surface area contributed by atoms with Crippen LogP contribution >= 0.6 is 0 Å². The Morgan fingerprint density at radius 3 is 2.00 bits per heavy atom. The maximum atomic E-state index is 10.1. The molecule has 11 heavy (non-hydrogen) atoms. The molecule has 0 radical (unpaired) electrons. The largest absolute Gasteiger partial charge is 0.466 e. The molecular weight excluding hydrogens is 140 g/mol. The minimum atomic E-state index is -0.182. The van der Waals surface area contributed by atoms with Crippen LogP contribution in [0.5, 0.6) is 0 Å². The van der Waals surface area contributed by atoms with Crippen molar-refractivity contribution in [3.05, 3.63) is 0 Å². The molecule has 0 bridgehead atoms. The van der Waals surface area contributed by atoms with Gasteiger partial charge in [-0.15, -0.1) is 0 Å².